The lowest BCUT2D eigenvalue weighted by Crippen LogP contribution is -2.40. The molecule has 0 saturated carbocycles. The molecule has 1 aromatic carbocycles. The van der Waals surface area contributed by atoms with Crippen molar-refractivity contribution in [2.45, 2.75) is 18.3 Å². The van der Waals surface area contributed by atoms with Crippen LogP contribution < -0.4 is 5.32 Å². The van der Waals surface area contributed by atoms with E-state index in [1.807, 2.05) is 24.3 Å². The highest BCUT2D eigenvalue weighted by molar-refractivity contribution is 6.30. The predicted octanol–water partition coefficient (Wildman–Crippen LogP) is 3.80. The number of aromatic nitrogens is 1. The summed E-state index contributed by atoms with van der Waals surface area (Å²) in [6.45, 7) is 1.87. The molecular formula is C17H18ClN3O3. The number of benzene rings is 1. The highest BCUT2D eigenvalue weighted by atomic mass is 35.5. The SMILES string of the molecule is O=[N+]([O-])c1cccnc1NCC1(c2ccc(Cl)cc2)CCOCC1. The molecule has 6 nitrogen and oxygen atoms in total. The van der Waals surface area contributed by atoms with Crippen LogP contribution in [-0.2, 0) is 10.2 Å². The molecule has 126 valence electrons. The number of nitro groups is 1. The van der Waals surface area contributed by atoms with Crippen molar-refractivity contribution in [1.82, 2.24) is 4.98 Å². The fraction of sp³-hybridized carbons (Fsp3) is 0.353. The number of nitrogens with one attached hydrogen (secondary N) is 1. The molecule has 1 fully saturated rings. The second-order valence-electron chi connectivity index (χ2n) is 5.88. The zero-order chi connectivity index (χ0) is 17.0. The lowest BCUT2D eigenvalue weighted by molar-refractivity contribution is -0.384. The van der Waals surface area contributed by atoms with Crippen LogP contribution in [0.5, 0.6) is 0 Å². The Bertz CT molecular complexity index is 715. The number of nitrogens with zero attached hydrogens (tertiary/aromatic N) is 2. The van der Waals surface area contributed by atoms with E-state index in [-0.39, 0.29) is 11.1 Å². The molecule has 0 unspecified atom stereocenters. The van der Waals surface area contributed by atoms with Gasteiger partial charge in [-0.05, 0) is 36.6 Å². The molecule has 1 aliphatic rings. The standard InChI is InChI=1S/C17H18ClN3O3/c18-14-5-3-13(4-6-14)17(7-10-24-11-8-17)12-20-16-15(21(22)23)2-1-9-19-16/h1-6,9H,7-8,10-12H2,(H,19,20). The maximum absolute atomic E-state index is 11.2. The van der Waals surface area contributed by atoms with Crippen LogP contribution >= 0.6 is 11.6 Å². The number of halogens is 1. The summed E-state index contributed by atoms with van der Waals surface area (Å²) in [5, 5.41) is 15.0. The first-order valence-electron chi connectivity index (χ1n) is 7.78. The number of rotatable bonds is 5. The third kappa shape index (κ3) is 3.49. The molecule has 3 rings (SSSR count). The zero-order valence-electron chi connectivity index (χ0n) is 13.1. The summed E-state index contributed by atoms with van der Waals surface area (Å²) in [6.07, 6.45) is 3.22. The summed E-state index contributed by atoms with van der Waals surface area (Å²) in [5.74, 6) is 0.294. The molecule has 7 heteroatoms. The summed E-state index contributed by atoms with van der Waals surface area (Å²) in [7, 11) is 0. The van der Waals surface area contributed by atoms with Crippen LogP contribution in [0.1, 0.15) is 18.4 Å². The first-order chi connectivity index (χ1) is 11.6. The summed E-state index contributed by atoms with van der Waals surface area (Å²) in [6, 6.07) is 10.8. The van der Waals surface area contributed by atoms with Crippen molar-refractivity contribution in [1.29, 1.82) is 0 Å². The van der Waals surface area contributed by atoms with Crippen molar-refractivity contribution in [3.05, 3.63) is 63.3 Å². The van der Waals surface area contributed by atoms with Gasteiger partial charge in [-0.1, -0.05) is 23.7 Å². The average molecular weight is 348 g/mol. The van der Waals surface area contributed by atoms with Crippen molar-refractivity contribution in [3.8, 4) is 0 Å². The maximum Gasteiger partial charge on any atom is 0.311 e. The Morgan fingerprint density at radius 3 is 2.62 bits per heavy atom. The van der Waals surface area contributed by atoms with Gasteiger partial charge in [0.25, 0.3) is 0 Å². The van der Waals surface area contributed by atoms with Crippen molar-refractivity contribution >= 4 is 23.1 Å². The minimum atomic E-state index is -0.422. The monoisotopic (exact) mass is 347 g/mol. The van der Waals surface area contributed by atoms with E-state index < -0.39 is 4.92 Å². The van der Waals surface area contributed by atoms with E-state index >= 15 is 0 Å². The molecule has 1 aromatic heterocycles. The number of ether oxygens (including phenoxy) is 1. The fourth-order valence-electron chi connectivity index (χ4n) is 3.07. The Morgan fingerprint density at radius 1 is 1.25 bits per heavy atom. The van der Waals surface area contributed by atoms with E-state index in [4.69, 9.17) is 16.3 Å². The molecule has 0 aliphatic carbocycles. The zero-order valence-corrected chi connectivity index (χ0v) is 13.8. The third-order valence-corrected chi connectivity index (χ3v) is 4.74. The average Bonchev–Trinajstić information content (AvgIpc) is 2.61. The Labute approximate surface area is 145 Å². The molecule has 0 atom stereocenters. The molecule has 2 heterocycles. The van der Waals surface area contributed by atoms with E-state index in [2.05, 4.69) is 10.3 Å². The summed E-state index contributed by atoms with van der Waals surface area (Å²) in [5.41, 5.74) is 0.978. The number of hydrogen-bond donors (Lipinski definition) is 1. The Balaban J connectivity index is 1.86. The summed E-state index contributed by atoms with van der Waals surface area (Å²) < 4.78 is 5.51. The van der Waals surface area contributed by atoms with Crippen LogP contribution in [0, 0.1) is 10.1 Å². The van der Waals surface area contributed by atoms with E-state index in [1.165, 1.54) is 6.07 Å². The van der Waals surface area contributed by atoms with Crippen LogP contribution in [0.3, 0.4) is 0 Å². The van der Waals surface area contributed by atoms with Crippen LogP contribution in [0.25, 0.3) is 0 Å². The smallest absolute Gasteiger partial charge is 0.311 e. The first-order valence-corrected chi connectivity index (χ1v) is 8.16. The molecule has 1 aliphatic heterocycles. The molecule has 1 N–H and O–H groups in total. The van der Waals surface area contributed by atoms with Gasteiger partial charge in [0.15, 0.2) is 0 Å². The van der Waals surface area contributed by atoms with Crippen LogP contribution in [0.15, 0.2) is 42.6 Å². The van der Waals surface area contributed by atoms with Gasteiger partial charge in [-0.3, -0.25) is 10.1 Å². The van der Waals surface area contributed by atoms with Gasteiger partial charge in [-0.25, -0.2) is 4.98 Å². The maximum atomic E-state index is 11.2. The van der Waals surface area contributed by atoms with Gasteiger partial charge in [-0.15, -0.1) is 0 Å². The summed E-state index contributed by atoms with van der Waals surface area (Å²) >= 11 is 6.00. The van der Waals surface area contributed by atoms with E-state index in [0.29, 0.717) is 30.6 Å². The minimum Gasteiger partial charge on any atom is -0.381 e. The van der Waals surface area contributed by atoms with Gasteiger partial charge in [0.05, 0.1) is 4.92 Å². The molecule has 0 spiro atoms. The molecule has 0 amide bonds. The molecule has 0 radical (unpaired) electrons. The van der Waals surface area contributed by atoms with Crippen molar-refractivity contribution in [3.63, 3.8) is 0 Å². The quantitative estimate of drug-likeness (QED) is 0.657. The molecule has 0 bridgehead atoms. The molecule has 24 heavy (non-hydrogen) atoms. The lowest BCUT2D eigenvalue weighted by Gasteiger charge is -2.38. The van der Waals surface area contributed by atoms with Gasteiger partial charge >= 0.3 is 5.69 Å². The third-order valence-electron chi connectivity index (χ3n) is 4.48. The number of pyridine rings is 1. The Morgan fingerprint density at radius 2 is 1.96 bits per heavy atom. The van der Waals surface area contributed by atoms with Gasteiger partial charge in [0, 0.05) is 42.5 Å². The molecular weight excluding hydrogens is 330 g/mol. The van der Waals surface area contributed by atoms with Crippen LogP contribution in [0.4, 0.5) is 11.5 Å². The second-order valence-corrected chi connectivity index (χ2v) is 6.32. The van der Waals surface area contributed by atoms with Crippen molar-refractivity contribution < 1.29 is 9.66 Å². The van der Waals surface area contributed by atoms with E-state index in [1.54, 1.807) is 12.3 Å². The van der Waals surface area contributed by atoms with Crippen molar-refractivity contribution in [2.24, 2.45) is 0 Å². The highest BCUT2D eigenvalue weighted by Crippen LogP contribution is 2.36. The van der Waals surface area contributed by atoms with Gasteiger partial charge < -0.3 is 10.1 Å². The minimum absolute atomic E-state index is 0.0178. The van der Waals surface area contributed by atoms with Crippen LogP contribution in [0.2, 0.25) is 5.02 Å². The van der Waals surface area contributed by atoms with Gasteiger partial charge in [0.1, 0.15) is 0 Å². The van der Waals surface area contributed by atoms with Crippen molar-refractivity contribution in [2.75, 3.05) is 25.1 Å². The Kier molecular flexibility index (Phi) is 4.97. The lowest BCUT2D eigenvalue weighted by atomic mass is 9.74. The second kappa shape index (κ2) is 7.15. The highest BCUT2D eigenvalue weighted by Gasteiger charge is 2.35. The fourth-order valence-corrected chi connectivity index (χ4v) is 3.19. The predicted molar refractivity (Wildman–Crippen MR) is 92.6 cm³/mol. The summed E-state index contributed by atoms with van der Waals surface area (Å²) in [4.78, 5) is 14.8. The molecule has 2 aromatic rings. The van der Waals surface area contributed by atoms with Gasteiger partial charge in [0.2, 0.25) is 5.82 Å². The molecule has 1 saturated heterocycles. The number of hydrogen-bond acceptors (Lipinski definition) is 5. The van der Waals surface area contributed by atoms with Gasteiger partial charge in [-0.2, -0.15) is 0 Å². The van der Waals surface area contributed by atoms with Crippen LogP contribution in [-0.4, -0.2) is 29.7 Å². The topological polar surface area (TPSA) is 77.3 Å². The van der Waals surface area contributed by atoms with E-state index in [0.717, 1.165) is 18.4 Å². The first kappa shape index (κ1) is 16.7. The number of anilines is 1. The largest absolute Gasteiger partial charge is 0.381 e. The Hall–Kier alpha value is -2.18. The normalized spacial score (nSPS) is 16.5. The van der Waals surface area contributed by atoms with E-state index in [9.17, 15) is 10.1 Å².